The second-order valence-electron chi connectivity index (χ2n) is 5.45. The molecule has 0 fully saturated rings. The minimum absolute atomic E-state index is 0.468. The van der Waals surface area contributed by atoms with Crippen LogP contribution >= 0.6 is 11.8 Å². The van der Waals surface area contributed by atoms with Gasteiger partial charge in [0.05, 0.1) is 12.0 Å². The number of hydrogen-bond acceptors (Lipinski definition) is 6. The Morgan fingerprint density at radius 1 is 0.962 bits per heavy atom. The average Bonchev–Trinajstić information content (AvgIpc) is 3.12. The molecule has 0 aliphatic rings. The summed E-state index contributed by atoms with van der Waals surface area (Å²) in [5.41, 5.74) is 1.61. The minimum atomic E-state index is 0.468. The first kappa shape index (κ1) is 16.4. The summed E-state index contributed by atoms with van der Waals surface area (Å²) in [7, 11) is 1.65. The van der Waals surface area contributed by atoms with Gasteiger partial charge in [0, 0.05) is 11.6 Å². The van der Waals surface area contributed by atoms with Crippen molar-refractivity contribution in [2.75, 3.05) is 13.4 Å². The molecule has 0 spiro atoms. The van der Waals surface area contributed by atoms with E-state index < -0.39 is 0 Å². The first-order valence-corrected chi connectivity index (χ1v) is 9.19. The summed E-state index contributed by atoms with van der Waals surface area (Å²) >= 11 is 1.59. The molecule has 0 aliphatic carbocycles. The van der Waals surface area contributed by atoms with Gasteiger partial charge >= 0.3 is 0 Å². The van der Waals surface area contributed by atoms with Crippen LogP contribution in [0.1, 0.15) is 0 Å². The molecule has 26 heavy (non-hydrogen) atoms. The molecule has 2 aromatic heterocycles. The van der Waals surface area contributed by atoms with Crippen molar-refractivity contribution in [2.24, 2.45) is 0 Å². The SMILES string of the molecule is COc1ccc(Oc2ccc3nnc(-c4ccccc4)n3n2)c(SC)c1. The molecule has 0 saturated carbocycles. The maximum atomic E-state index is 6.00. The summed E-state index contributed by atoms with van der Waals surface area (Å²) in [5.74, 6) is 2.65. The van der Waals surface area contributed by atoms with E-state index in [1.807, 2.05) is 60.9 Å². The third-order valence-electron chi connectivity index (χ3n) is 3.86. The van der Waals surface area contributed by atoms with Crippen molar-refractivity contribution in [1.29, 1.82) is 0 Å². The number of aromatic nitrogens is 4. The number of methoxy groups -OCH3 is 1. The van der Waals surface area contributed by atoms with Crippen molar-refractivity contribution in [2.45, 2.75) is 4.90 Å². The van der Waals surface area contributed by atoms with Crippen LogP contribution in [-0.4, -0.2) is 33.2 Å². The zero-order chi connectivity index (χ0) is 17.9. The highest BCUT2D eigenvalue weighted by Crippen LogP contribution is 2.34. The van der Waals surface area contributed by atoms with E-state index in [1.165, 1.54) is 0 Å². The molecule has 0 atom stereocenters. The van der Waals surface area contributed by atoms with Gasteiger partial charge in [-0.25, -0.2) is 0 Å². The van der Waals surface area contributed by atoms with Crippen molar-refractivity contribution in [1.82, 2.24) is 19.8 Å². The lowest BCUT2D eigenvalue weighted by Gasteiger charge is -2.10. The summed E-state index contributed by atoms with van der Waals surface area (Å²) in [6.07, 6.45) is 1.99. The van der Waals surface area contributed by atoms with E-state index in [1.54, 1.807) is 29.5 Å². The summed E-state index contributed by atoms with van der Waals surface area (Å²) in [6, 6.07) is 19.1. The highest BCUT2D eigenvalue weighted by Gasteiger charge is 2.12. The van der Waals surface area contributed by atoms with Crippen LogP contribution in [0.25, 0.3) is 17.0 Å². The first-order valence-electron chi connectivity index (χ1n) is 7.96. The summed E-state index contributed by atoms with van der Waals surface area (Å²) in [6.45, 7) is 0. The number of fused-ring (bicyclic) bond motifs is 1. The van der Waals surface area contributed by atoms with Crippen LogP contribution in [0.5, 0.6) is 17.4 Å². The first-order chi connectivity index (χ1) is 12.8. The third-order valence-corrected chi connectivity index (χ3v) is 4.61. The fraction of sp³-hybridized carbons (Fsp3) is 0.105. The second kappa shape index (κ2) is 7.05. The number of thioether (sulfide) groups is 1. The smallest absolute Gasteiger partial charge is 0.237 e. The lowest BCUT2D eigenvalue weighted by atomic mass is 10.2. The van der Waals surface area contributed by atoms with Crippen LogP contribution in [0.2, 0.25) is 0 Å². The summed E-state index contributed by atoms with van der Waals surface area (Å²) in [5, 5.41) is 13.0. The van der Waals surface area contributed by atoms with Gasteiger partial charge in [0.2, 0.25) is 5.88 Å². The van der Waals surface area contributed by atoms with E-state index in [0.29, 0.717) is 17.4 Å². The molecule has 130 valence electrons. The number of nitrogens with zero attached hydrogens (tertiary/aromatic N) is 4. The Balaban J connectivity index is 1.72. The van der Waals surface area contributed by atoms with Crippen molar-refractivity contribution < 1.29 is 9.47 Å². The van der Waals surface area contributed by atoms with E-state index >= 15 is 0 Å². The van der Waals surface area contributed by atoms with Gasteiger partial charge in [-0.05, 0) is 30.5 Å². The topological polar surface area (TPSA) is 61.5 Å². The van der Waals surface area contributed by atoms with E-state index in [2.05, 4.69) is 15.3 Å². The van der Waals surface area contributed by atoms with Crippen molar-refractivity contribution >= 4 is 17.4 Å². The van der Waals surface area contributed by atoms with E-state index in [0.717, 1.165) is 22.0 Å². The molecular weight excluding hydrogens is 348 g/mol. The third kappa shape index (κ3) is 3.09. The standard InChI is InChI=1S/C19H16N4O2S/c1-24-14-8-9-15(16(12-14)26-2)25-18-11-10-17-20-21-19(23(17)22-18)13-6-4-3-5-7-13/h3-12H,1-2H3. The molecule has 2 aromatic carbocycles. The molecular formula is C19H16N4O2S. The quantitative estimate of drug-likeness (QED) is 0.492. The predicted octanol–water partition coefficient (Wildman–Crippen LogP) is 4.31. The van der Waals surface area contributed by atoms with Gasteiger partial charge in [-0.3, -0.25) is 0 Å². The normalized spacial score (nSPS) is 10.8. The fourth-order valence-corrected chi connectivity index (χ4v) is 3.11. The molecule has 0 N–H and O–H groups in total. The second-order valence-corrected chi connectivity index (χ2v) is 6.30. The lowest BCUT2D eigenvalue weighted by Crippen LogP contribution is -1.98. The zero-order valence-electron chi connectivity index (χ0n) is 14.3. The molecule has 2 heterocycles. The van der Waals surface area contributed by atoms with Gasteiger partial charge in [0.25, 0.3) is 0 Å². The van der Waals surface area contributed by atoms with Crippen LogP contribution in [-0.2, 0) is 0 Å². The lowest BCUT2D eigenvalue weighted by molar-refractivity contribution is 0.408. The number of rotatable bonds is 5. The summed E-state index contributed by atoms with van der Waals surface area (Å²) in [4.78, 5) is 0.971. The molecule has 0 saturated heterocycles. The van der Waals surface area contributed by atoms with Crippen LogP contribution in [0.15, 0.2) is 65.6 Å². The zero-order valence-corrected chi connectivity index (χ0v) is 15.1. The van der Waals surface area contributed by atoms with E-state index in [4.69, 9.17) is 9.47 Å². The Bertz CT molecular complexity index is 1050. The molecule has 0 radical (unpaired) electrons. The van der Waals surface area contributed by atoms with Crippen molar-refractivity contribution in [3.63, 3.8) is 0 Å². The fourth-order valence-electron chi connectivity index (χ4n) is 2.57. The minimum Gasteiger partial charge on any atom is -0.497 e. The number of ether oxygens (including phenoxy) is 2. The molecule has 4 aromatic rings. The molecule has 0 amide bonds. The Labute approximate surface area is 154 Å². The van der Waals surface area contributed by atoms with E-state index in [-0.39, 0.29) is 0 Å². The van der Waals surface area contributed by atoms with Crippen LogP contribution in [0, 0.1) is 0 Å². The van der Waals surface area contributed by atoms with Crippen molar-refractivity contribution in [3.8, 4) is 28.8 Å². The Morgan fingerprint density at radius 2 is 1.81 bits per heavy atom. The number of benzene rings is 2. The maximum absolute atomic E-state index is 6.00. The monoisotopic (exact) mass is 364 g/mol. The molecule has 0 bridgehead atoms. The average molecular weight is 364 g/mol. The van der Waals surface area contributed by atoms with Gasteiger partial charge in [-0.2, -0.15) is 4.52 Å². The van der Waals surface area contributed by atoms with Gasteiger partial charge < -0.3 is 9.47 Å². The molecule has 0 unspecified atom stereocenters. The van der Waals surface area contributed by atoms with Gasteiger partial charge in [0.15, 0.2) is 11.5 Å². The Hall–Kier alpha value is -3.06. The Morgan fingerprint density at radius 3 is 2.58 bits per heavy atom. The molecule has 7 heteroatoms. The molecule has 6 nitrogen and oxygen atoms in total. The largest absolute Gasteiger partial charge is 0.497 e. The van der Waals surface area contributed by atoms with Crippen molar-refractivity contribution in [3.05, 3.63) is 60.7 Å². The highest BCUT2D eigenvalue weighted by molar-refractivity contribution is 7.98. The Kier molecular flexibility index (Phi) is 4.45. The van der Waals surface area contributed by atoms with Crippen LogP contribution < -0.4 is 9.47 Å². The predicted molar refractivity (Wildman–Crippen MR) is 101 cm³/mol. The van der Waals surface area contributed by atoms with Crippen LogP contribution in [0.4, 0.5) is 0 Å². The van der Waals surface area contributed by atoms with Gasteiger partial charge in [0.1, 0.15) is 11.5 Å². The molecule has 0 aliphatic heterocycles. The number of hydrogen-bond donors (Lipinski definition) is 0. The summed E-state index contributed by atoms with van der Waals surface area (Å²) < 4.78 is 13.0. The van der Waals surface area contributed by atoms with E-state index in [9.17, 15) is 0 Å². The highest BCUT2D eigenvalue weighted by atomic mass is 32.2. The van der Waals surface area contributed by atoms with Gasteiger partial charge in [-0.15, -0.1) is 27.1 Å². The molecule has 4 rings (SSSR count). The maximum Gasteiger partial charge on any atom is 0.237 e. The van der Waals surface area contributed by atoms with Gasteiger partial charge in [-0.1, -0.05) is 30.3 Å². The van der Waals surface area contributed by atoms with Crippen LogP contribution in [0.3, 0.4) is 0 Å².